The monoisotopic (exact) mass is 708 g/mol. The van der Waals surface area contributed by atoms with Crippen LogP contribution in [0.4, 0.5) is 0 Å². The summed E-state index contributed by atoms with van der Waals surface area (Å²) in [4.78, 5) is 78.1. The van der Waals surface area contributed by atoms with Gasteiger partial charge in [-0.1, -0.05) is 73.3 Å². The maximum absolute atomic E-state index is 13.7. The van der Waals surface area contributed by atoms with Crippen LogP contribution in [-0.2, 0) is 28.4 Å². The summed E-state index contributed by atoms with van der Waals surface area (Å²) in [7, 11) is 2.30. The summed E-state index contributed by atoms with van der Waals surface area (Å²) in [5.41, 5.74) is 0.911. The van der Waals surface area contributed by atoms with E-state index in [4.69, 9.17) is 28.4 Å². The quantitative estimate of drug-likeness (QED) is 0.0609. The molecule has 0 aromatic heterocycles. The third-order valence-electron chi connectivity index (χ3n) is 7.81. The van der Waals surface area contributed by atoms with Gasteiger partial charge in [0.2, 0.25) is 0 Å². The first-order valence-corrected chi connectivity index (χ1v) is 15.9. The van der Waals surface area contributed by atoms with E-state index in [-0.39, 0.29) is 39.1 Å². The highest BCUT2D eigenvalue weighted by atomic mass is 16.6. The summed E-state index contributed by atoms with van der Waals surface area (Å²) in [6.07, 6.45) is -3.10. The third-order valence-corrected chi connectivity index (χ3v) is 7.81. The van der Waals surface area contributed by atoms with Crippen molar-refractivity contribution >= 4 is 41.4 Å². The molecule has 0 bridgehead atoms. The summed E-state index contributed by atoms with van der Waals surface area (Å²) < 4.78 is 32.8. The van der Waals surface area contributed by atoms with E-state index in [1.165, 1.54) is 73.7 Å². The van der Waals surface area contributed by atoms with Crippen LogP contribution in [0.5, 0.6) is 0 Å². The van der Waals surface area contributed by atoms with E-state index in [1.807, 2.05) is 19.1 Å². The van der Waals surface area contributed by atoms with Gasteiger partial charge < -0.3 is 28.4 Å². The number of aryl methyl sites for hydroxylation is 1. The number of methoxy groups -OCH3 is 2. The molecule has 0 aliphatic heterocycles. The Bertz CT molecular complexity index is 2000. The number of Topliss-reactive ketones (excluding diaryl/α,β-unsaturated/α-hetero) is 1. The van der Waals surface area contributed by atoms with Crippen LogP contribution in [0.2, 0.25) is 0 Å². The van der Waals surface area contributed by atoms with Crippen LogP contribution in [-0.4, -0.2) is 75.3 Å². The predicted octanol–water partition coefficient (Wildman–Crippen LogP) is 6.07. The fourth-order valence-electron chi connectivity index (χ4n) is 5.08. The Morgan fingerprint density at radius 2 is 0.846 bits per heavy atom. The van der Waals surface area contributed by atoms with Gasteiger partial charge in [0.25, 0.3) is 0 Å². The first-order chi connectivity index (χ1) is 25.0. The van der Waals surface area contributed by atoms with Gasteiger partial charge in [-0.2, -0.15) is 0 Å². The standard InChI is InChI=1S/C40H36O12/c1-24-14-6-7-15-27(24)26(3)49-22-34(51-39(45)29-17-9-8-16-28(29)25(2)41)35(52-40(46)33-21-13-11-19-31(33)37(43)48-5)23-50-38(44)32-20-12-10-18-30(32)36(42)47-4/h6-21,34-35H,3,22-23H2,1-2,4-5H3. The van der Waals surface area contributed by atoms with E-state index < -0.39 is 61.1 Å². The van der Waals surface area contributed by atoms with Gasteiger partial charge in [-0.15, -0.1) is 0 Å². The highest BCUT2D eigenvalue weighted by Gasteiger charge is 2.34. The zero-order chi connectivity index (χ0) is 37.8. The second-order valence-electron chi connectivity index (χ2n) is 11.2. The SMILES string of the molecule is C=C(OCC(OC(=O)c1ccccc1C(C)=O)C(COC(=O)c1ccccc1C(=O)OC)OC(=O)c1ccccc1C(=O)OC)c1ccccc1C. The average molecular weight is 709 g/mol. The minimum Gasteiger partial charge on any atom is -0.490 e. The number of hydrogen-bond acceptors (Lipinski definition) is 12. The van der Waals surface area contributed by atoms with Crippen LogP contribution in [0.25, 0.3) is 5.76 Å². The van der Waals surface area contributed by atoms with E-state index >= 15 is 0 Å². The molecule has 0 N–H and O–H groups in total. The molecular weight excluding hydrogens is 672 g/mol. The van der Waals surface area contributed by atoms with E-state index in [1.54, 1.807) is 18.2 Å². The molecule has 12 nitrogen and oxygen atoms in total. The topological polar surface area (TPSA) is 158 Å². The maximum atomic E-state index is 13.7. The Balaban J connectivity index is 1.75. The second kappa shape index (κ2) is 17.9. The number of carbonyl (C=O) groups excluding carboxylic acids is 6. The number of ketones is 1. The minimum atomic E-state index is -1.59. The number of benzene rings is 4. The Kier molecular flexibility index (Phi) is 13.2. The molecular formula is C40H36O12. The van der Waals surface area contributed by atoms with Crippen molar-refractivity contribution in [2.24, 2.45) is 0 Å². The molecule has 0 spiro atoms. The molecule has 2 atom stereocenters. The van der Waals surface area contributed by atoms with Crippen LogP contribution in [0.3, 0.4) is 0 Å². The summed E-state index contributed by atoms with van der Waals surface area (Å²) in [5.74, 6) is -4.86. The van der Waals surface area contributed by atoms with Crippen molar-refractivity contribution in [3.05, 3.63) is 148 Å². The van der Waals surface area contributed by atoms with Gasteiger partial charge in [0.15, 0.2) is 18.0 Å². The molecule has 4 aromatic carbocycles. The number of ether oxygens (including phenoxy) is 6. The van der Waals surface area contributed by atoms with Crippen molar-refractivity contribution < 1.29 is 57.2 Å². The first kappa shape index (κ1) is 38.2. The zero-order valence-electron chi connectivity index (χ0n) is 28.9. The van der Waals surface area contributed by atoms with Gasteiger partial charge in [0.1, 0.15) is 19.0 Å². The second-order valence-corrected chi connectivity index (χ2v) is 11.2. The molecule has 4 rings (SSSR count). The van der Waals surface area contributed by atoms with Gasteiger partial charge >= 0.3 is 29.8 Å². The highest BCUT2D eigenvalue weighted by Crippen LogP contribution is 2.23. The Labute approximate surface area is 299 Å². The molecule has 2 unspecified atom stereocenters. The summed E-state index contributed by atoms with van der Waals surface area (Å²) in [6.45, 7) is 5.91. The maximum Gasteiger partial charge on any atom is 0.339 e. The molecule has 0 aliphatic carbocycles. The van der Waals surface area contributed by atoms with Crippen molar-refractivity contribution in [3.63, 3.8) is 0 Å². The van der Waals surface area contributed by atoms with Gasteiger partial charge in [-0.3, -0.25) is 4.79 Å². The van der Waals surface area contributed by atoms with E-state index in [0.29, 0.717) is 5.56 Å². The normalized spacial score (nSPS) is 11.6. The molecule has 0 radical (unpaired) electrons. The van der Waals surface area contributed by atoms with E-state index in [0.717, 1.165) is 19.8 Å². The fourth-order valence-corrected chi connectivity index (χ4v) is 5.08. The number of esters is 5. The van der Waals surface area contributed by atoms with Crippen LogP contribution < -0.4 is 0 Å². The van der Waals surface area contributed by atoms with Crippen molar-refractivity contribution in [2.45, 2.75) is 26.1 Å². The summed E-state index contributed by atoms with van der Waals surface area (Å²) in [5, 5.41) is 0. The lowest BCUT2D eigenvalue weighted by Gasteiger charge is -2.28. The molecule has 0 saturated carbocycles. The summed E-state index contributed by atoms with van der Waals surface area (Å²) >= 11 is 0. The average Bonchev–Trinajstić information content (AvgIpc) is 3.17. The lowest BCUT2D eigenvalue weighted by molar-refractivity contribution is -0.0717. The number of rotatable bonds is 15. The zero-order valence-corrected chi connectivity index (χ0v) is 28.9. The summed E-state index contributed by atoms with van der Waals surface area (Å²) in [6, 6.07) is 24.6. The lowest BCUT2D eigenvalue weighted by atomic mass is 10.0. The molecule has 4 aromatic rings. The van der Waals surface area contributed by atoms with Gasteiger partial charge in [-0.25, -0.2) is 24.0 Å². The molecule has 0 aliphatic rings. The third kappa shape index (κ3) is 9.36. The molecule has 0 fully saturated rings. The Morgan fingerprint density at radius 1 is 0.500 bits per heavy atom. The van der Waals surface area contributed by atoms with Crippen molar-refractivity contribution in [1.82, 2.24) is 0 Å². The fraction of sp³-hybridized carbons (Fsp3) is 0.200. The van der Waals surface area contributed by atoms with E-state index in [9.17, 15) is 28.8 Å². The molecule has 52 heavy (non-hydrogen) atoms. The van der Waals surface area contributed by atoms with Crippen LogP contribution >= 0.6 is 0 Å². The Morgan fingerprint density at radius 3 is 1.27 bits per heavy atom. The minimum absolute atomic E-state index is 0.0721. The van der Waals surface area contributed by atoms with Crippen molar-refractivity contribution in [1.29, 1.82) is 0 Å². The van der Waals surface area contributed by atoms with Crippen molar-refractivity contribution in [2.75, 3.05) is 27.4 Å². The largest absolute Gasteiger partial charge is 0.490 e. The molecule has 0 heterocycles. The van der Waals surface area contributed by atoms with Gasteiger partial charge in [0, 0.05) is 11.1 Å². The number of carbonyl (C=O) groups is 6. The van der Waals surface area contributed by atoms with Crippen LogP contribution in [0.1, 0.15) is 80.2 Å². The molecule has 0 amide bonds. The van der Waals surface area contributed by atoms with Gasteiger partial charge in [0.05, 0.1) is 42.0 Å². The molecule has 12 heteroatoms. The lowest BCUT2D eigenvalue weighted by Crippen LogP contribution is -2.42. The molecule has 268 valence electrons. The highest BCUT2D eigenvalue weighted by molar-refractivity contribution is 6.06. The van der Waals surface area contributed by atoms with Crippen molar-refractivity contribution in [3.8, 4) is 0 Å². The smallest absolute Gasteiger partial charge is 0.339 e. The van der Waals surface area contributed by atoms with E-state index in [2.05, 4.69) is 6.58 Å². The van der Waals surface area contributed by atoms with Crippen LogP contribution in [0.15, 0.2) is 104 Å². The van der Waals surface area contributed by atoms with Crippen LogP contribution in [0, 0.1) is 6.92 Å². The first-order valence-electron chi connectivity index (χ1n) is 15.9. The predicted molar refractivity (Wildman–Crippen MR) is 187 cm³/mol. The molecule has 0 saturated heterocycles. The number of hydrogen-bond donors (Lipinski definition) is 0. The van der Waals surface area contributed by atoms with Gasteiger partial charge in [-0.05, 0) is 49.7 Å². The Hall–Kier alpha value is -6.56.